The zero-order chi connectivity index (χ0) is 13.9. The molecule has 1 aromatic heterocycles. The molecule has 0 bridgehead atoms. The third-order valence-corrected chi connectivity index (χ3v) is 1.90. The predicted octanol–water partition coefficient (Wildman–Crippen LogP) is 2.42. The van der Waals surface area contributed by atoms with Crippen LogP contribution < -0.4 is 9.47 Å². The van der Waals surface area contributed by atoms with Crippen molar-refractivity contribution < 1.29 is 36.5 Å². The fourth-order valence-electron chi connectivity index (χ4n) is 1.24. The number of hydrogen-bond acceptors (Lipinski definition) is 4. The Bertz CT molecular complexity index is 421. The average molecular weight is 273 g/mol. The fourth-order valence-corrected chi connectivity index (χ4v) is 1.24. The molecular formula is C9H8F5NO3. The van der Waals surface area contributed by atoms with Gasteiger partial charge in [0.15, 0.2) is 5.75 Å². The number of halogens is 5. The minimum absolute atomic E-state index is 0.511. The van der Waals surface area contributed by atoms with Crippen molar-refractivity contribution in [3.8, 4) is 11.6 Å². The maximum absolute atomic E-state index is 12.7. The van der Waals surface area contributed by atoms with E-state index in [2.05, 4.69) is 14.5 Å². The van der Waals surface area contributed by atoms with Crippen LogP contribution in [0.5, 0.6) is 11.6 Å². The van der Waals surface area contributed by atoms with E-state index < -0.39 is 42.2 Å². The number of methoxy groups -OCH3 is 1. The Kier molecular flexibility index (Phi) is 4.28. The van der Waals surface area contributed by atoms with Gasteiger partial charge >= 0.3 is 6.36 Å². The SMILES string of the molecule is COc1ncc(CO)c(OC(F)(F)F)c1C(F)F. The lowest BCUT2D eigenvalue weighted by atomic mass is 10.1. The molecule has 4 nitrogen and oxygen atoms in total. The van der Waals surface area contributed by atoms with Gasteiger partial charge in [-0.25, -0.2) is 13.8 Å². The van der Waals surface area contributed by atoms with Crippen LogP contribution in [0.25, 0.3) is 0 Å². The number of aliphatic hydroxyl groups is 1. The molecule has 0 atom stereocenters. The molecule has 0 radical (unpaired) electrons. The van der Waals surface area contributed by atoms with E-state index in [0.717, 1.165) is 13.3 Å². The second-order valence-electron chi connectivity index (χ2n) is 3.04. The lowest BCUT2D eigenvalue weighted by Gasteiger charge is -2.17. The third-order valence-electron chi connectivity index (χ3n) is 1.90. The molecule has 1 aromatic rings. The number of nitrogens with zero attached hydrogens (tertiary/aromatic N) is 1. The van der Waals surface area contributed by atoms with Crippen LogP contribution in [0.1, 0.15) is 17.6 Å². The highest BCUT2D eigenvalue weighted by Gasteiger charge is 2.36. The summed E-state index contributed by atoms with van der Waals surface area (Å²) >= 11 is 0. The van der Waals surface area contributed by atoms with Gasteiger partial charge in [-0.1, -0.05) is 0 Å². The van der Waals surface area contributed by atoms with Crippen LogP contribution in [0.4, 0.5) is 22.0 Å². The number of aromatic nitrogens is 1. The molecule has 0 aliphatic carbocycles. The molecule has 0 aliphatic rings. The van der Waals surface area contributed by atoms with Crippen molar-refractivity contribution in [1.29, 1.82) is 0 Å². The second-order valence-corrected chi connectivity index (χ2v) is 3.04. The maximum atomic E-state index is 12.7. The molecule has 0 unspecified atom stereocenters. The van der Waals surface area contributed by atoms with E-state index in [4.69, 9.17) is 5.11 Å². The summed E-state index contributed by atoms with van der Waals surface area (Å²) in [5.41, 5.74) is -1.66. The van der Waals surface area contributed by atoms with E-state index in [1.165, 1.54) is 0 Å². The van der Waals surface area contributed by atoms with Gasteiger partial charge in [-0.2, -0.15) is 0 Å². The predicted molar refractivity (Wildman–Crippen MR) is 48.4 cm³/mol. The highest BCUT2D eigenvalue weighted by Crippen LogP contribution is 2.40. The average Bonchev–Trinajstić information content (AvgIpc) is 2.25. The van der Waals surface area contributed by atoms with Crippen molar-refractivity contribution in [1.82, 2.24) is 4.98 Å². The first-order valence-corrected chi connectivity index (χ1v) is 4.50. The molecule has 0 aromatic carbocycles. The minimum atomic E-state index is -5.17. The lowest BCUT2D eigenvalue weighted by molar-refractivity contribution is -0.275. The first kappa shape index (κ1) is 14.4. The van der Waals surface area contributed by atoms with Gasteiger partial charge in [0.2, 0.25) is 5.88 Å². The molecule has 0 saturated carbocycles. The molecule has 0 saturated heterocycles. The first-order valence-electron chi connectivity index (χ1n) is 4.50. The number of ether oxygens (including phenoxy) is 2. The second kappa shape index (κ2) is 5.34. The summed E-state index contributed by atoms with van der Waals surface area (Å²) in [6, 6.07) is 0. The number of alkyl halides is 5. The van der Waals surface area contributed by atoms with Gasteiger partial charge in [0, 0.05) is 11.8 Å². The van der Waals surface area contributed by atoms with E-state index in [9.17, 15) is 22.0 Å². The summed E-state index contributed by atoms with van der Waals surface area (Å²) in [6.07, 6.45) is -7.69. The van der Waals surface area contributed by atoms with Crippen molar-refractivity contribution in [2.75, 3.05) is 7.11 Å². The Morgan fingerprint density at radius 2 is 2.00 bits per heavy atom. The van der Waals surface area contributed by atoms with Crippen molar-refractivity contribution in [2.24, 2.45) is 0 Å². The summed E-state index contributed by atoms with van der Waals surface area (Å²) < 4.78 is 69.8. The zero-order valence-corrected chi connectivity index (χ0v) is 8.96. The van der Waals surface area contributed by atoms with Crippen molar-refractivity contribution in [3.63, 3.8) is 0 Å². The molecule has 0 spiro atoms. The molecule has 0 amide bonds. The van der Waals surface area contributed by atoms with Crippen LogP contribution in [0, 0.1) is 0 Å². The summed E-state index contributed by atoms with van der Waals surface area (Å²) in [5, 5.41) is 8.81. The number of pyridine rings is 1. The van der Waals surface area contributed by atoms with E-state index in [1.54, 1.807) is 0 Å². The molecule has 9 heteroatoms. The van der Waals surface area contributed by atoms with Crippen LogP contribution in [0.3, 0.4) is 0 Å². The Labute approximate surface area is 98.0 Å². The lowest BCUT2D eigenvalue weighted by Crippen LogP contribution is -2.20. The van der Waals surface area contributed by atoms with Gasteiger partial charge in [0.25, 0.3) is 6.43 Å². The smallest absolute Gasteiger partial charge is 0.481 e. The molecule has 1 N–H and O–H groups in total. The van der Waals surface area contributed by atoms with Gasteiger partial charge in [0.05, 0.1) is 13.7 Å². The first-order chi connectivity index (χ1) is 8.30. The van der Waals surface area contributed by atoms with Gasteiger partial charge < -0.3 is 14.6 Å². The van der Waals surface area contributed by atoms with Crippen LogP contribution in [-0.2, 0) is 6.61 Å². The van der Waals surface area contributed by atoms with Crippen molar-refractivity contribution >= 4 is 0 Å². The monoisotopic (exact) mass is 273 g/mol. The molecule has 0 aliphatic heterocycles. The molecule has 1 rings (SSSR count). The van der Waals surface area contributed by atoms with E-state index in [0.29, 0.717) is 0 Å². The van der Waals surface area contributed by atoms with Crippen LogP contribution in [-0.4, -0.2) is 23.6 Å². The van der Waals surface area contributed by atoms with Crippen molar-refractivity contribution in [3.05, 3.63) is 17.3 Å². The van der Waals surface area contributed by atoms with Crippen LogP contribution >= 0.6 is 0 Å². The summed E-state index contributed by atoms with van der Waals surface area (Å²) in [7, 11) is 0.976. The summed E-state index contributed by atoms with van der Waals surface area (Å²) in [4.78, 5) is 3.37. The Hall–Kier alpha value is -1.64. The van der Waals surface area contributed by atoms with Gasteiger partial charge in [-0.15, -0.1) is 13.2 Å². The minimum Gasteiger partial charge on any atom is -0.481 e. The van der Waals surface area contributed by atoms with Crippen molar-refractivity contribution in [2.45, 2.75) is 19.4 Å². The number of rotatable bonds is 4. The largest absolute Gasteiger partial charge is 0.573 e. The van der Waals surface area contributed by atoms with E-state index in [-0.39, 0.29) is 0 Å². The maximum Gasteiger partial charge on any atom is 0.573 e. The highest BCUT2D eigenvalue weighted by molar-refractivity contribution is 5.46. The van der Waals surface area contributed by atoms with E-state index in [1.807, 2.05) is 0 Å². The molecule has 1 heterocycles. The third kappa shape index (κ3) is 3.19. The topological polar surface area (TPSA) is 51.6 Å². The number of hydrogen-bond donors (Lipinski definition) is 1. The summed E-state index contributed by atoms with van der Waals surface area (Å²) in [5.74, 6) is -1.88. The van der Waals surface area contributed by atoms with Gasteiger partial charge in [-0.3, -0.25) is 0 Å². The van der Waals surface area contributed by atoms with Crippen LogP contribution in [0.15, 0.2) is 6.20 Å². The highest BCUT2D eigenvalue weighted by atomic mass is 19.4. The molecule has 102 valence electrons. The fraction of sp³-hybridized carbons (Fsp3) is 0.444. The Morgan fingerprint density at radius 1 is 1.39 bits per heavy atom. The quantitative estimate of drug-likeness (QED) is 0.856. The van der Waals surface area contributed by atoms with Crippen LogP contribution in [0.2, 0.25) is 0 Å². The molecule has 0 fully saturated rings. The zero-order valence-electron chi connectivity index (χ0n) is 8.96. The van der Waals surface area contributed by atoms with Gasteiger partial charge in [-0.05, 0) is 0 Å². The normalized spacial score (nSPS) is 11.8. The standard InChI is InChI=1S/C9H8F5NO3/c1-17-8-5(7(10)11)6(18-9(12,13)14)4(3-16)2-15-8/h2,7,16H,3H2,1H3. The Balaban J connectivity index is 3.40. The number of aliphatic hydroxyl groups excluding tert-OH is 1. The van der Waals surface area contributed by atoms with E-state index >= 15 is 0 Å². The molecule has 18 heavy (non-hydrogen) atoms. The van der Waals surface area contributed by atoms with Gasteiger partial charge in [0.1, 0.15) is 5.56 Å². The molecular weight excluding hydrogens is 265 g/mol. The Morgan fingerprint density at radius 3 is 2.39 bits per heavy atom. The summed E-state index contributed by atoms with van der Waals surface area (Å²) in [6.45, 7) is -0.928.